The van der Waals surface area contributed by atoms with Crippen molar-refractivity contribution in [1.29, 1.82) is 0 Å². The second-order valence-corrected chi connectivity index (χ2v) is 8.67. The molecule has 0 bridgehead atoms. The SMILES string of the molecule is Cc1ccc(-c2nc(CC(=O)N3CCN(C(=O)c4cccc(Br)c4)C(C)C3)no2)cc1. The largest absolute Gasteiger partial charge is 0.338 e. The summed E-state index contributed by atoms with van der Waals surface area (Å²) in [6.07, 6.45) is 0.0711. The van der Waals surface area contributed by atoms with E-state index < -0.39 is 0 Å². The molecule has 0 radical (unpaired) electrons. The Kier molecular flexibility index (Phi) is 6.18. The Morgan fingerprint density at radius 3 is 2.65 bits per heavy atom. The second kappa shape index (κ2) is 9.01. The minimum atomic E-state index is -0.0856. The fourth-order valence-electron chi connectivity index (χ4n) is 3.66. The van der Waals surface area contributed by atoms with Gasteiger partial charge < -0.3 is 14.3 Å². The smallest absolute Gasteiger partial charge is 0.257 e. The summed E-state index contributed by atoms with van der Waals surface area (Å²) >= 11 is 3.41. The zero-order valence-corrected chi connectivity index (χ0v) is 19.0. The van der Waals surface area contributed by atoms with Crippen molar-refractivity contribution in [3.63, 3.8) is 0 Å². The lowest BCUT2D eigenvalue weighted by Crippen LogP contribution is -2.55. The number of hydrogen-bond acceptors (Lipinski definition) is 5. The van der Waals surface area contributed by atoms with Crippen molar-refractivity contribution < 1.29 is 14.1 Å². The van der Waals surface area contributed by atoms with Crippen LogP contribution in [0.3, 0.4) is 0 Å². The maximum Gasteiger partial charge on any atom is 0.257 e. The quantitative estimate of drug-likeness (QED) is 0.565. The van der Waals surface area contributed by atoms with Crippen LogP contribution in [0.15, 0.2) is 57.5 Å². The van der Waals surface area contributed by atoms with E-state index in [2.05, 4.69) is 26.1 Å². The number of carbonyl (C=O) groups is 2. The number of benzene rings is 2. The summed E-state index contributed by atoms with van der Waals surface area (Å²) in [5.41, 5.74) is 2.60. The number of hydrogen-bond donors (Lipinski definition) is 0. The number of carbonyl (C=O) groups excluding carboxylic acids is 2. The number of amides is 2. The zero-order chi connectivity index (χ0) is 22.0. The maximum absolute atomic E-state index is 12.9. The molecule has 1 unspecified atom stereocenters. The van der Waals surface area contributed by atoms with Crippen LogP contribution in [0.1, 0.15) is 28.7 Å². The molecule has 1 aliphatic heterocycles. The summed E-state index contributed by atoms with van der Waals surface area (Å²) in [5.74, 6) is 0.668. The highest BCUT2D eigenvalue weighted by Crippen LogP contribution is 2.20. The molecule has 1 fully saturated rings. The average molecular weight is 483 g/mol. The molecule has 2 amide bonds. The summed E-state index contributed by atoms with van der Waals surface area (Å²) in [6, 6.07) is 15.0. The normalized spacial score (nSPS) is 16.4. The highest BCUT2D eigenvalue weighted by molar-refractivity contribution is 9.10. The van der Waals surface area contributed by atoms with Crippen LogP contribution in [0.4, 0.5) is 0 Å². The van der Waals surface area contributed by atoms with Gasteiger partial charge in [-0.1, -0.05) is 44.8 Å². The van der Waals surface area contributed by atoms with E-state index in [1.54, 1.807) is 11.0 Å². The summed E-state index contributed by atoms with van der Waals surface area (Å²) in [7, 11) is 0. The van der Waals surface area contributed by atoms with E-state index in [0.29, 0.717) is 36.9 Å². The molecule has 0 N–H and O–H groups in total. The van der Waals surface area contributed by atoms with Crippen molar-refractivity contribution in [3.8, 4) is 11.5 Å². The van der Waals surface area contributed by atoms with E-state index in [0.717, 1.165) is 15.6 Å². The Bertz CT molecular complexity index is 1100. The van der Waals surface area contributed by atoms with Gasteiger partial charge in [-0.05, 0) is 44.2 Å². The van der Waals surface area contributed by atoms with Gasteiger partial charge in [-0.25, -0.2) is 0 Å². The van der Waals surface area contributed by atoms with Gasteiger partial charge in [0.05, 0.1) is 6.42 Å². The first-order valence-corrected chi connectivity index (χ1v) is 10.9. The van der Waals surface area contributed by atoms with Crippen LogP contribution in [-0.2, 0) is 11.2 Å². The van der Waals surface area contributed by atoms with E-state index in [-0.39, 0.29) is 24.3 Å². The Labute approximate surface area is 189 Å². The van der Waals surface area contributed by atoms with Gasteiger partial charge in [0.2, 0.25) is 5.91 Å². The van der Waals surface area contributed by atoms with E-state index in [1.165, 1.54) is 0 Å². The number of rotatable bonds is 4. The fraction of sp³-hybridized carbons (Fsp3) is 0.304. The number of nitrogens with zero attached hydrogens (tertiary/aromatic N) is 4. The molecular weight excluding hydrogens is 460 g/mol. The average Bonchev–Trinajstić information content (AvgIpc) is 3.22. The highest BCUT2D eigenvalue weighted by atomic mass is 79.9. The molecule has 8 heteroatoms. The van der Waals surface area contributed by atoms with Crippen molar-refractivity contribution in [3.05, 3.63) is 70.0 Å². The maximum atomic E-state index is 12.9. The molecule has 7 nitrogen and oxygen atoms in total. The third-order valence-electron chi connectivity index (χ3n) is 5.39. The Morgan fingerprint density at radius 1 is 1.16 bits per heavy atom. The molecule has 1 atom stereocenters. The van der Waals surface area contributed by atoms with Gasteiger partial charge in [0.1, 0.15) is 0 Å². The highest BCUT2D eigenvalue weighted by Gasteiger charge is 2.30. The van der Waals surface area contributed by atoms with E-state index in [9.17, 15) is 9.59 Å². The second-order valence-electron chi connectivity index (χ2n) is 7.76. The van der Waals surface area contributed by atoms with E-state index in [4.69, 9.17) is 4.52 Å². The van der Waals surface area contributed by atoms with Crippen LogP contribution < -0.4 is 0 Å². The lowest BCUT2D eigenvalue weighted by molar-refractivity contribution is -0.133. The molecule has 2 heterocycles. The minimum absolute atomic E-state index is 0.0261. The summed E-state index contributed by atoms with van der Waals surface area (Å²) in [5, 5.41) is 3.96. The van der Waals surface area contributed by atoms with Crippen LogP contribution in [0.2, 0.25) is 0 Å². The lowest BCUT2D eigenvalue weighted by atomic mass is 10.1. The Morgan fingerprint density at radius 2 is 1.94 bits per heavy atom. The monoisotopic (exact) mass is 482 g/mol. The first-order chi connectivity index (χ1) is 14.9. The molecule has 1 saturated heterocycles. The van der Waals surface area contributed by atoms with Crippen molar-refractivity contribution in [2.75, 3.05) is 19.6 Å². The first kappa shape index (κ1) is 21.2. The Hall–Kier alpha value is -3.00. The molecule has 31 heavy (non-hydrogen) atoms. The van der Waals surface area contributed by atoms with Gasteiger partial charge in [-0.3, -0.25) is 9.59 Å². The van der Waals surface area contributed by atoms with Crippen molar-refractivity contribution in [2.24, 2.45) is 0 Å². The molecule has 0 aliphatic carbocycles. The van der Waals surface area contributed by atoms with Crippen molar-refractivity contribution in [1.82, 2.24) is 19.9 Å². The number of piperazine rings is 1. The van der Waals surface area contributed by atoms with E-state index >= 15 is 0 Å². The predicted octanol–water partition coefficient (Wildman–Crippen LogP) is 3.72. The standard InChI is InChI=1S/C23H23BrN4O3/c1-15-6-8-17(9-7-15)22-25-20(26-31-22)13-21(29)27-10-11-28(16(2)14-27)23(30)18-4-3-5-19(24)12-18/h3-9,12,16H,10-11,13-14H2,1-2H3. The molecular formula is C23H23BrN4O3. The summed E-state index contributed by atoms with van der Waals surface area (Å²) < 4.78 is 6.18. The first-order valence-electron chi connectivity index (χ1n) is 10.1. The third kappa shape index (κ3) is 4.85. The zero-order valence-electron chi connectivity index (χ0n) is 17.4. The van der Waals surface area contributed by atoms with Gasteiger partial charge >= 0.3 is 0 Å². The van der Waals surface area contributed by atoms with Gasteiger partial charge in [0.25, 0.3) is 11.8 Å². The van der Waals surface area contributed by atoms with Crippen LogP contribution >= 0.6 is 15.9 Å². The summed E-state index contributed by atoms with van der Waals surface area (Å²) in [6.45, 7) is 5.40. The lowest BCUT2D eigenvalue weighted by Gasteiger charge is -2.40. The number of halogens is 1. The summed E-state index contributed by atoms with van der Waals surface area (Å²) in [4.78, 5) is 33.6. The van der Waals surface area contributed by atoms with Gasteiger partial charge in [-0.2, -0.15) is 4.98 Å². The van der Waals surface area contributed by atoms with Crippen LogP contribution in [-0.4, -0.2) is 57.4 Å². The van der Waals surface area contributed by atoms with Gasteiger partial charge in [-0.15, -0.1) is 0 Å². The third-order valence-corrected chi connectivity index (χ3v) is 5.88. The predicted molar refractivity (Wildman–Crippen MR) is 119 cm³/mol. The Balaban J connectivity index is 1.37. The van der Waals surface area contributed by atoms with Gasteiger partial charge in [0, 0.05) is 41.3 Å². The molecule has 3 aromatic rings. The molecule has 4 rings (SSSR count). The topological polar surface area (TPSA) is 79.5 Å². The fourth-order valence-corrected chi connectivity index (χ4v) is 4.06. The number of aromatic nitrogens is 2. The van der Waals surface area contributed by atoms with Crippen LogP contribution in [0.5, 0.6) is 0 Å². The molecule has 0 spiro atoms. The molecule has 1 aromatic heterocycles. The minimum Gasteiger partial charge on any atom is -0.338 e. The molecule has 1 aliphatic rings. The van der Waals surface area contributed by atoms with Crippen molar-refractivity contribution >= 4 is 27.7 Å². The number of aryl methyl sites for hydroxylation is 1. The van der Waals surface area contributed by atoms with Gasteiger partial charge in [0.15, 0.2) is 5.82 Å². The molecule has 160 valence electrons. The van der Waals surface area contributed by atoms with Crippen molar-refractivity contribution in [2.45, 2.75) is 26.3 Å². The van der Waals surface area contributed by atoms with E-state index in [1.807, 2.05) is 61.2 Å². The molecule has 0 saturated carbocycles. The molecule has 2 aromatic carbocycles. The van der Waals surface area contributed by atoms with Crippen LogP contribution in [0.25, 0.3) is 11.5 Å². The van der Waals surface area contributed by atoms with Crippen LogP contribution in [0, 0.1) is 6.92 Å².